The molecule has 0 unspecified atom stereocenters. The maximum absolute atomic E-state index is 12.7. The second-order valence-corrected chi connectivity index (χ2v) is 9.27. The number of pyridine rings is 1. The van der Waals surface area contributed by atoms with Crippen molar-refractivity contribution in [2.75, 3.05) is 32.7 Å². The van der Waals surface area contributed by atoms with Gasteiger partial charge in [-0.15, -0.1) is 0 Å². The first-order chi connectivity index (χ1) is 13.7. The molecule has 0 bridgehead atoms. The van der Waals surface area contributed by atoms with E-state index in [0.29, 0.717) is 17.4 Å². The zero-order valence-corrected chi connectivity index (χ0v) is 17.4. The summed E-state index contributed by atoms with van der Waals surface area (Å²) in [6.45, 7) is 8.60. The van der Waals surface area contributed by atoms with Gasteiger partial charge in [0.1, 0.15) is 0 Å². The summed E-state index contributed by atoms with van der Waals surface area (Å²) in [5, 5.41) is 3.28. The Morgan fingerprint density at radius 2 is 1.93 bits per heavy atom. The van der Waals surface area contributed by atoms with Crippen LogP contribution in [-0.4, -0.2) is 59.5 Å². The summed E-state index contributed by atoms with van der Waals surface area (Å²) in [5.41, 5.74) is 1.79. The summed E-state index contributed by atoms with van der Waals surface area (Å²) in [4.78, 5) is 22.0. The molecule has 0 spiro atoms. The van der Waals surface area contributed by atoms with E-state index >= 15 is 0 Å². The van der Waals surface area contributed by atoms with Gasteiger partial charge in [-0.3, -0.25) is 19.6 Å². The summed E-state index contributed by atoms with van der Waals surface area (Å²) in [6, 6.07) is 4.88. The average Bonchev–Trinajstić information content (AvgIpc) is 3.54. The molecule has 1 N–H and O–H groups in total. The molecule has 154 valence electrons. The van der Waals surface area contributed by atoms with Crippen LogP contribution in [0.5, 0.6) is 0 Å². The maximum atomic E-state index is 12.7. The molecule has 3 heterocycles. The molecule has 28 heavy (non-hydrogen) atoms. The summed E-state index contributed by atoms with van der Waals surface area (Å²) >= 11 is 0. The molecule has 0 aromatic carbocycles. The molecular formula is C23H36N4O. The molecule has 2 aliphatic heterocycles. The van der Waals surface area contributed by atoms with Gasteiger partial charge in [0.2, 0.25) is 5.91 Å². The molecule has 5 nitrogen and oxygen atoms in total. The molecule has 4 rings (SSSR count). The second-order valence-electron chi connectivity index (χ2n) is 9.27. The first kappa shape index (κ1) is 19.8. The summed E-state index contributed by atoms with van der Waals surface area (Å²) in [6.07, 6.45) is 12.2. The van der Waals surface area contributed by atoms with Crippen LogP contribution in [-0.2, 0) is 11.3 Å². The second kappa shape index (κ2) is 8.91. The predicted octanol–water partition coefficient (Wildman–Crippen LogP) is 3.06. The molecule has 1 aromatic heterocycles. The van der Waals surface area contributed by atoms with Gasteiger partial charge in [-0.05, 0) is 87.7 Å². The number of hydrogen-bond acceptors (Lipinski definition) is 4. The van der Waals surface area contributed by atoms with Crippen LogP contribution in [0.3, 0.4) is 0 Å². The van der Waals surface area contributed by atoms with E-state index in [-0.39, 0.29) is 5.92 Å². The van der Waals surface area contributed by atoms with Crippen molar-refractivity contribution >= 4 is 5.91 Å². The molecule has 2 saturated heterocycles. The number of nitrogens with one attached hydrogen (secondary N) is 1. The van der Waals surface area contributed by atoms with Gasteiger partial charge in [-0.1, -0.05) is 6.92 Å². The van der Waals surface area contributed by atoms with E-state index in [1.54, 1.807) is 0 Å². The number of piperidine rings is 2. The Bertz CT molecular complexity index is 637. The zero-order valence-electron chi connectivity index (χ0n) is 17.4. The van der Waals surface area contributed by atoms with Gasteiger partial charge in [-0.25, -0.2) is 0 Å². The smallest absolute Gasteiger partial charge is 0.224 e. The van der Waals surface area contributed by atoms with Gasteiger partial charge in [0.25, 0.3) is 0 Å². The van der Waals surface area contributed by atoms with Crippen molar-refractivity contribution in [2.24, 2.45) is 11.3 Å². The van der Waals surface area contributed by atoms with Crippen molar-refractivity contribution in [3.8, 4) is 0 Å². The lowest BCUT2D eigenvalue weighted by Crippen LogP contribution is -2.51. The molecular weight excluding hydrogens is 348 g/mol. The lowest BCUT2D eigenvalue weighted by atomic mass is 9.93. The first-order valence-electron chi connectivity index (χ1n) is 11.3. The molecule has 3 fully saturated rings. The lowest BCUT2D eigenvalue weighted by Gasteiger charge is -2.42. The van der Waals surface area contributed by atoms with E-state index in [9.17, 15) is 4.79 Å². The fraction of sp³-hybridized carbons (Fsp3) is 0.739. The van der Waals surface area contributed by atoms with Gasteiger partial charge in [-0.2, -0.15) is 0 Å². The van der Waals surface area contributed by atoms with Gasteiger partial charge in [0.05, 0.1) is 5.92 Å². The van der Waals surface area contributed by atoms with Crippen LogP contribution < -0.4 is 5.32 Å². The Morgan fingerprint density at radius 1 is 1.18 bits per heavy atom. The number of likely N-dealkylation sites (tertiary alicyclic amines) is 2. The standard InChI is InChI=1S/C23H36N4O/c1-2-23(9-10-23)18-25-22(28)20-4-3-13-27(17-20)21-7-14-26(15-8-21)16-19-5-11-24-12-6-19/h5-6,11-12,20-21H,2-4,7-10,13-18H2,1H3,(H,25,28)/t20-/m0/s1. The molecule has 0 radical (unpaired) electrons. The lowest BCUT2D eigenvalue weighted by molar-refractivity contribution is -0.127. The van der Waals surface area contributed by atoms with Crippen LogP contribution >= 0.6 is 0 Å². The van der Waals surface area contributed by atoms with E-state index < -0.39 is 0 Å². The van der Waals surface area contributed by atoms with Crippen LogP contribution in [0.25, 0.3) is 0 Å². The van der Waals surface area contributed by atoms with E-state index in [4.69, 9.17) is 0 Å². The number of carbonyl (C=O) groups excluding carboxylic acids is 1. The van der Waals surface area contributed by atoms with Crippen molar-refractivity contribution < 1.29 is 4.79 Å². The van der Waals surface area contributed by atoms with E-state index in [1.807, 2.05) is 12.4 Å². The highest BCUT2D eigenvalue weighted by Gasteiger charge is 2.41. The molecule has 1 saturated carbocycles. The quantitative estimate of drug-likeness (QED) is 0.785. The van der Waals surface area contributed by atoms with E-state index in [0.717, 1.165) is 52.1 Å². The fourth-order valence-corrected chi connectivity index (χ4v) is 4.99. The normalized spacial score (nSPS) is 26.1. The third kappa shape index (κ3) is 4.93. The number of amides is 1. The van der Waals surface area contributed by atoms with Crippen LogP contribution in [0, 0.1) is 11.3 Å². The Morgan fingerprint density at radius 3 is 2.61 bits per heavy atom. The topological polar surface area (TPSA) is 48.5 Å². The fourth-order valence-electron chi connectivity index (χ4n) is 4.99. The zero-order chi connectivity index (χ0) is 19.4. The van der Waals surface area contributed by atoms with Crippen molar-refractivity contribution in [2.45, 2.75) is 64.5 Å². The van der Waals surface area contributed by atoms with Crippen molar-refractivity contribution in [3.05, 3.63) is 30.1 Å². The Hall–Kier alpha value is -1.46. The van der Waals surface area contributed by atoms with Crippen LogP contribution in [0.1, 0.15) is 57.4 Å². The third-order valence-electron chi connectivity index (χ3n) is 7.40. The highest BCUT2D eigenvalue weighted by atomic mass is 16.1. The van der Waals surface area contributed by atoms with E-state index in [1.165, 1.54) is 37.7 Å². The van der Waals surface area contributed by atoms with Crippen LogP contribution in [0.4, 0.5) is 0 Å². The average molecular weight is 385 g/mol. The minimum Gasteiger partial charge on any atom is -0.355 e. The van der Waals surface area contributed by atoms with Crippen molar-refractivity contribution in [3.63, 3.8) is 0 Å². The molecule has 3 aliphatic rings. The van der Waals surface area contributed by atoms with E-state index in [2.05, 4.69) is 39.2 Å². The molecule has 1 amide bonds. The first-order valence-corrected chi connectivity index (χ1v) is 11.3. The van der Waals surface area contributed by atoms with Crippen molar-refractivity contribution in [1.29, 1.82) is 0 Å². The Labute approximate surface area is 169 Å². The number of carbonyl (C=O) groups is 1. The minimum absolute atomic E-state index is 0.191. The number of nitrogens with zero attached hydrogens (tertiary/aromatic N) is 3. The molecule has 1 aromatic rings. The predicted molar refractivity (Wildman–Crippen MR) is 112 cm³/mol. The van der Waals surface area contributed by atoms with Gasteiger partial charge >= 0.3 is 0 Å². The molecule has 1 atom stereocenters. The largest absolute Gasteiger partial charge is 0.355 e. The van der Waals surface area contributed by atoms with Crippen LogP contribution in [0.15, 0.2) is 24.5 Å². The van der Waals surface area contributed by atoms with Gasteiger partial charge in [0, 0.05) is 38.1 Å². The number of aromatic nitrogens is 1. The summed E-state index contributed by atoms with van der Waals surface area (Å²) < 4.78 is 0. The minimum atomic E-state index is 0.191. The number of rotatable bonds is 7. The highest BCUT2D eigenvalue weighted by molar-refractivity contribution is 5.79. The Kier molecular flexibility index (Phi) is 6.32. The van der Waals surface area contributed by atoms with Gasteiger partial charge < -0.3 is 5.32 Å². The molecule has 1 aliphatic carbocycles. The molecule has 5 heteroatoms. The monoisotopic (exact) mass is 384 g/mol. The summed E-state index contributed by atoms with van der Waals surface area (Å²) in [7, 11) is 0. The highest BCUT2D eigenvalue weighted by Crippen LogP contribution is 2.47. The summed E-state index contributed by atoms with van der Waals surface area (Å²) in [5.74, 6) is 0.496. The van der Waals surface area contributed by atoms with Gasteiger partial charge in [0.15, 0.2) is 0 Å². The number of hydrogen-bond donors (Lipinski definition) is 1. The third-order valence-corrected chi connectivity index (χ3v) is 7.40. The SMILES string of the molecule is CCC1(CNC(=O)[C@H]2CCCN(C3CCN(Cc4ccncc4)CC3)C2)CC1. The van der Waals surface area contributed by atoms with Crippen molar-refractivity contribution in [1.82, 2.24) is 20.1 Å². The Balaban J connectivity index is 1.22. The maximum Gasteiger partial charge on any atom is 0.224 e. The van der Waals surface area contributed by atoms with Crippen LogP contribution in [0.2, 0.25) is 0 Å².